The Bertz CT molecular complexity index is 638. The fraction of sp³-hybridized carbons (Fsp3) is 0. The van der Waals surface area contributed by atoms with Gasteiger partial charge in [0.05, 0.1) is 0 Å². The van der Waals surface area contributed by atoms with E-state index in [1.807, 2.05) is 18.2 Å². The van der Waals surface area contributed by atoms with Crippen molar-refractivity contribution in [3.05, 3.63) is 66.0 Å². The van der Waals surface area contributed by atoms with Gasteiger partial charge in [-0.2, -0.15) is 0 Å². The molecule has 1 N–H and O–H groups in total. The molecule has 0 unspecified atom stereocenters. The molecule has 0 saturated heterocycles. The van der Waals surface area contributed by atoms with Crippen LogP contribution in [0.25, 0.3) is 21.6 Å². The van der Waals surface area contributed by atoms with Crippen molar-refractivity contribution in [1.29, 1.82) is 0 Å². The van der Waals surface area contributed by atoms with E-state index in [-0.39, 0.29) is 0 Å². The van der Waals surface area contributed by atoms with Crippen molar-refractivity contribution in [2.45, 2.75) is 0 Å². The lowest BCUT2D eigenvalue weighted by molar-refractivity contribution is 0.478. The van der Waals surface area contributed by atoms with Gasteiger partial charge in [-0.25, -0.2) is 0 Å². The van der Waals surface area contributed by atoms with Crippen LogP contribution in [-0.2, 0) is 0 Å². The normalized spacial score (nSPS) is 10.4. The van der Waals surface area contributed by atoms with Crippen LogP contribution in [-0.4, -0.2) is 5.11 Å². The molecular weight excluding hydrogens is 240 g/mol. The van der Waals surface area contributed by atoms with Crippen LogP contribution in [0.4, 0.5) is 0 Å². The van der Waals surface area contributed by atoms with E-state index in [0.717, 1.165) is 10.4 Å². The molecule has 1 heterocycles. The molecule has 2 aromatic carbocycles. The molecule has 0 spiro atoms. The van der Waals surface area contributed by atoms with Crippen molar-refractivity contribution in [3.63, 3.8) is 0 Å². The summed E-state index contributed by atoms with van der Waals surface area (Å²) in [6, 6.07) is 20.5. The molecular formula is C16H12OS. The van der Waals surface area contributed by atoms with Gasteiger partial charge in [-0.1, -0.05) is 54.6 Å². The van der Waals surface area contributed by atoms with E-state index in [0.29, 0.717) is 5.75 Å². The number of thiophene rings is 1. The van der Waals surface area contributed by atoms with Crippen molar-refractivity contribution in [3.8, 4) is 27.3 Å². The summed E-state index contributed by atoms with van der Waals surface area (Å²) in [6.07, 6.45) is 0. The highest BCUT2D eigenvalue weighted by Gasteiger charge is 2.02. The Morgan fingerprint density at radius 2 is 1.33 bits per heavy atom. The van der Waals surface area contributed by atoms with Gasteiger partial charge in [0.2, 0.25) is 0 Å². The van der Waals surface area contributed by atoms with E-state index < -0.39 is 0 Å². The number of hydrogen-bond acceptors (Lipinski definition) is 2. The van der Waals surface area contributed by atoms with Crippen LogP contribution in [0.3, 0.4) is 0 Å². The second kappa shape index (κ2) is 4.67. The minimum absolute atomic E-state index is 0.335. The van der Waals surface area contributed by atoms with E-state index in [9.17, 15) is 5.11 Å². The van der Waals surface area contributed by atoms with Crippen molar-refractivity contribution in [2.24, 2.45) is 0 Å². The molecule has 0 aliphatic carbocycles. The van der Waals surface area contributed by atoms with Crippen LogP contribution in [0.5, 0.6) is 5.75 Å². The molecule has 0 atom stereocenters. The van der Waals surface area contributed by atoms with Crippen LogP contribution in [0, 0.1) is 0 Å². The lowest BCUT2D eigenvalue weighted by Gasteiger charge is -2.02. The fourth-order valence-electron chi connectivity index (χ4n) is 1.94. The van der Waals surface area contributed by atoms with E-state index in [4.69, 9.17) is 0 Å². The van der Waals surface area contributed by atoms with Gasteiger partial charge in [0.25, 0.3) is 0 Å². The number of benzene rings is 2. The van der Waals surface area contributed by atoms with Gasteiger partial charge in [-0.05, 0) is 22.8 Å². The highest BCUT2D eigenvalue weighted by Crippen LogP contribution is 2.31. The third kappa shape index (κ3) is 2.15. The van der Waals surface area contributed by atoms with Gasteiger partial charge in [0, 0.05) is 10.3 Å². The van der Waals surface area contributed by atoms with Crippen LogP contribution >= 0.6 is 11.3 Å². The molecule has 88 valence electrons. The summed E-state index contributed by atoms with van der Waals surface area (Å²) < 4.78 is 0. The average molecular weight is 252 g/mol. The van der Waals surface area contributed by atoms with E-state index >= 15 is 0 Å². The second-order valence-corrected chi connectivity index (χ2v) is 5.02. The molecule has 0 aliphatic rings. The zero-order chi connectivity index (χ0) is 12.4. The summed E-state index contributed by atoms with van der Waals surface area (Å²) >= 11 is 1.55. The number of aromatic hydroxyl groups is 1. The highest BCUT2D eigenvalue weighted by atomic mass is 32.1. The van der Waals surface area contributed by atoms with Crippen LogP contribution in [0.15, 0.2) is 66.0 Å². The predicted molar refractivity (Wildman–Crippen MR) is 76.9 cm³/mol. The zero-order valence-electron chi connectivity index (χ0n) is 9.71. The quantitative estimate of drug-likeness (QED) is 0.695. The summed E-state index contributed by atoms with van der Waals surface area (Å²) in [5.74, 6) is 0.335. The Morgan fingerprint density at radius 3 is 1.94 bits per heavy atom. The summed E-state index contributed by atoms with van der Waals surface area (Å²) in [5, 5.41) is 11.1. The Labute approximate surface area is 110 Å². The first kappa shape index (κ1) is 11.1. The number of hydrogen-bond donors (Lipinski definition) is 1. The predicted octanol–water partition coefficient (Wildman–Crippen LogP) is 4.79. The Balaban J connectivity index is 1.94. The molecule has 3 aromatic rings. The van der Waals surface area contributed by atoms with Gasteiger partial charge in [-0.3, -0.25) is 0 Å². The molecule has 0 bridgehead atoms. The van der Waals surface area contributed by atoms with Crippen molar-refractivity contribution < 1.29 is 5.11 Å². The Hall–Kier alpha value is -2.06. The minimum Gasteiger partial charge on any atom is -0.507 e. The molecule has 18 heavy (non-hydrogen) atoms. The SMILES string of the molecule is Oc1csc(-c2ccc(-c3ccccc3)cc2)c1. The maximum absolute atomic E-state index is 9.36. The van der Waals surface area contributed by atoms with Crippen LogP contribution in [0.2, 0.25) is 0 Å². The maximum atomic E-state index is 9.36. The first-order valence-electron chi connectivity index (χ1n) is 5.76. The lowest BCUT2D eigenvalue weighted by atomic mass is 10.0. The first-order valence-corrected chi connectivity index (χ1v) is 6.64. The Kier molecular flexibility index (Phi) is 2.87. The molecule has 3 rings (SSSR count). The number of rotatable bonds is 2. The third-order valence-corrected chi connectivity index (χ3v) is 3.83. The van der Waals surface area contributed by atoms with Crippen molar-refractivity contribution in [1.82, 2.24) is 0 Å². The van der Waals surface area contributed by atoms with Gasteiger partial charge in [0.15, 0.2) is 0 Å². The molecule has 0 fully saturated rings. The fourth-order valence-corrected chi connectivity index (χ4v) is 2.71. The largest absolute Gasteiger partial charge is 0.507 e. The van der Waals surface area contributed by atoms with Crippen LogP contribution < -0.4 is 0 Å². The van der Waals surface area contributed by atoms with Gasteiger partial charge in [-0.15, -0.1) is 11.3 Å². The lowest BCUT2D eigenvalue weighted by Crippen LogP contribution is -1.77. The zero-order valence-corrected chi connectivity index (χ0v) is 10.5. The molecule has 0 aliphatic heterocycles. The van der Waals surface area contributed by atoms with Crippen molar-refractivity contribution >= 4 is 11.3 Å². The molecule has 1 aromatic heterocycles. The molecule has 2 heteroatoms. The third-order valence-electron chi connectivity index (χ3n) is 2.86. The molecule has 1 nitrogen and oxygen atoms in total. The average Bonchev–Trinajstić information content (AvgIpc) is 2.87. The topological polar surface area (TPSA) is 20.2 Å². The maximum Gasteiger partial charge on any atom is 0.126 e. The van der Waals surface area contributed by atoms with E-state index in [1.54, 1.807) is 22.8 Å². The van der Waals surface area contributed by atoms with E-state index in [2.05, 4.69) is 36.4 Å². The standard InChI is InChI=1S/C16H12OS/c17-15-10-16(18-11-15)14-8-6-13(7-9-14)12-4-2-1-3-5-12/h1-11,17H. The first-order chi connectivity index (χ1) is 8.83. The van der Waals surface area contributed by atoms with E-state index in [1.165, 1.54) is 11.1 Å². The summed E-state index contributed by atoms with van der Waals surface area (Å²) in [6.45, 7) is 0. The molecule has 0 amide bonds. The smallest absolute Gasteiger partial charge is 0.126 e. The van der Waals surface area contributed by atoms with Gasteiger partial charge < -0.3 is 5.11 Å². The second-order valence-electron chi connectivity index (χ2n) is 4.11. The van der Waals surface area contributed by atoms with Gasteiger partial charge >= 0.3 is 0 Å². The van der Waals surface area contributed by atoms with Gasteiger partial charge in [0.1, 0.15) is 5.75 Å². The summed E-state index contributed by atoms with van der Waals surface area (Å²) in [5.41, 5.74) is 3.57. The molecule has 0 radical (unpaired) electrons. The summed E-state index contributed by atoms with van der Waals surface area (Å²) in [4.78, 5) is 1.09. The van der Waals surface area contributed by atoms with Crippen molar-refractivity contribution in [2.75, 3.05) is 0 Å². The van der Waals surface area contributed by atoms with Crippen LogP contribution in [0.1, 0.15) is 0 Å². The molecule has 0 saturated carbocycles. The monoisotopic (exact) mass is 252 g/mol. The Morgan fingerprint density at radius 1 is 0.722 bits per heavy atom. The highest BCUT2D eigenvalue weighted by molar-refractivity contribution is 7.13. The minimum atomic E-state index is 0.335. The summed E-state index contributed by atoms with van der Waals surface area (Å²) in [7, 11) is 0.